The number of nitriles is 1. The van der Waals surface area contributed by atoms with Crippen LogP contribution >= 0.6 is 11.6 Å². The molecule has 2 heterocycles. The Hall–Kier alpha value is -2.52. The van der Waals surface area contributed by atoms with Crippen LogP contribution in [0.1, 0.15) is 18.4 Å². The van der Waals surface area contributed by atoms with E-state index in [0.29, 0.717) is 16.6 Å². The number of hydrogen-bond donors (Lipinski definition) is 0. The van der Waals surface area contributed by atoms with E-state index in [-0.39, 0.29) is 0 Å². The summed E-state index contributed by atoms with van der Waals surface area (Å²) in [5.41, 5.74) is 1.60. The van der Waals surface area contributed by atoms with Gasteiger partial charge in [0.25, 0.3) is 0 Å². The smallest absolute Gasteiger partial charge is 0.134 e. The van der Waals surface area contributed by atoms with Crippen molar-refractivity contribution in [3.63, 3.8) is 0 Å². The summed E-state index contributed by atoms with van der Waals surface area (Å²) in [6, 6.07) is 10.1. The number of aromatic nitrogens is 2. The molecule has 0 spiro atoms. The van der Waals surface area contributed by atoms with Crippen LogP contribution in [0.15, 0.2) is 30.6 Å². The number of likely N-dealkylation sites (N-methyl/N-ethyl adjacent to an activating group) is 1. The zero-order valence-electron chi connectivity index (χ0n) is 15.4. The van der Waals surface area contributed by atoms with Crippen molar-refractivity contribution in [1.82, 2.24) is 9.97 Å². The predicted octanol–water partition coefficient (Wildman–Crippen LogP) is 3.17. The first-order valence-electron chi connectivity index (χ1n) is 8.66. The van der Waals surface area contributed by atoms with Gasteiger partial charge in [0.05, 0.1) is 11.6 Å². The van der Waals surface area contributed by atoms with Crippen molar-refractivity contribution in [3.8, 4) is 6.07 Å². The molecular weight excluding hydrogens is 348 g/mol. The maximum atomic E-state index is 9.19. The van der Waals surface area contributed by atoms with Gasteiger partial charge in [-0.25, -0.2) is 9.97 Å². The number of hydrogen-bond acceptors (Lipinski definition) is 6. The van der Waals surface area contributed by atoms with Crippen molar-refractivity contribution < 1.29 is 0 Å². The van der Waals surface area contributed by atoms with Gasteiger partial charge in [-0.3, -0.25) is 0 Å². The molecule has 0 amide bonds. The van der Waals surface area contributed by atoms with E-state index >= 15 is 0 Å². The van der Waals surface area contributed by atoms with Gasteiger partial charge in [-0.2, -0.15) is 5.26 Å². The topological polar surface area (TPSA) is 59.3 Å². The largest absolute Gasteiger partial charge is 0.369 e. The van der Waals surface area contributed by atoms with Crippen LogP contribution in [0, 0.1) is 11.3 Å². The van der Waals surface area contributed by atoms with E-state index < -0.39 is 0 Å². The van der Waals surface area contributed by atoms with Crippen LogP contribution in [0.3, 0.4) is 0 Å². The van der Waals surface area contributed by atoms with Crippen molar-refractivity contribution in [2.75, 3.05) is 48.9 Å². The molecule has 1 fully saturated rings. The van der Waals surface area contributed by atoms with Crippen molar-refractivity contribution in [2.24, 2.45) is 0 Å². The van der Waals surface area contributed by atoms with Crippen LogP contribution in [0.5, 0.6) is 0 Å². The molecule has 7 heteroatoms. The number of halogens is 1. The van der Waals surface area contributed by atoms with Gasteiger partial charge in [-0.15, -0.1) is 0 Å². The molecule has 0 N–H and O–H groups in total. The van der Waals surface area contributed by atoms with Crippen LogP contribution in [0.2, 0.25) is 5.02 Å². The Morgan fingerprint density at radius 2 is 1.92 bits per heavy atom. The average molecular weight is 371 g/mol. The molecule has 1 unspecified atom stereocenters. The van der Waals surface area contributed by atoms with Crippen molar-refractivity contribution in [3.05, 3.63) is 41.2 Å². The summed E-state index contributed by atoms with van der Waals surface area (Å²) in [5.74, 6) is 1.81. The minimum atomic E-state index is 0.332. The summed E-state index contributed by atoms with van der Waals surface area (Å²) in [5, 5.41) is 9.79. The zero-order valence-corrected chi connectivity index (χ0v) is 16.1. The van der Waals surface area contributed by atoms with Gasteiger partial charge in [0, 0.05) is 57.1 Å². The molecule has 1 saturated heterocycles. The molecule has 1 atom stereocenters. The standard InChI is InChI=1S/C19H23ClN6/c1-24(2)18-10-19(23-13-22-18)25(3)16-5-4-6-26(12-16)17-8-14(11-21)7-15(20)9-17/h7-10,13,16H,4-6,12H2,1-3H3. The zero-order chi connectivity index (χ0) is 18.7. The van der Waals surface area contributed by atoms with Gasteiger partial charge < -0.3 is 14.7 Å². The van der Waals surface area contributed by atoms with Crippen LogP contribution in [0.25, 0.3) is 0 Å². The molecule has 0 aliphatic carbocycles. The van der Waals surface area contributed by atoms with Crippen LogP contribution in [0.4, 0.5) is 17.3 Å². The number of piperidine rings is 1. The fraction of sp³-hybridized carbons (Fsp3) is 0.421. The summed E-state index contributed by atoms with van der Waals surface area (Å²) >= 11 is 6.18. The van der Waals surface area contributed by atoms with E-state index in [9.17, 15) is 5.26 Å². The minimum absolute atomic E-state index is 0.332. The second kappa shape index (κ2) is 7.79. The van der Waals surface area contributed by atoms with Crippen molar-refractivity contribution in [2.45, 2.75) is 18.9 Å². The van der Waals surface area contributed by atoms with Gasteiger partial charge >= 0.3 is 0 Å². The molecule has 3 rings (SSSR count). The van der Waals surface area contributed by atoms with E-state index in [1.807, 2.05) is 37.2 Å². The minimum Gasteiger partial charge on any atom is -0.369 e. The number of benzene rings is 1. The van der Waals surface area contributed by atoms with Crippen LogP contribution in [-0.2, 0) is 0 Å². The lowest BCUT2D eigenvalue weighted by Crippen LogP contribution is -2.47. The SMILES string of the molecule is CN(C)c1cc(N(C)C2CCCN(c3cc(Cl)cc(C#N)c3)C2)ncn1. The highest BCUT2D eigenvalue weighted by Crippen LogP contribution is 2.28. The summed E-state index contributed by atoms with van der Waals surface area (Å²) in [4.78, 5) is 15.2. The Kier molecular flexibility index (Phi) is 5.48. The highest BCUT2D eigenvalue weighted by Gasteiger charge is 2.25. The lowest BCUT2D eigenvalue weighted by molar-refractivity contribution is 0.486. The number of nitrogens with zero attached hydrogens (tertiary/aromatic N) is 6. The summed E-state index contributed by atoms with van der Waals surface area (Å²) in [6.07, 6.45) is 3.78. The maximum Gasteiger partial charge on any atom is 0.134 e. The molecule has 0 radical (unpaired) electrons. The second-order valence-electron chi connectivity index (χ2n) is 6.79. The molecular formula is C19H23ClN6. The van der Waals surface area contributed by atoms with E-state index in [2.05, 4.69) is 32.9 Å². The molecule has 26 heavy (non-hydrogen) atoms. The fourth-order valence-electron chi connectivity index (χ4n) is 3.29. The third-order valence-electron chi connectivity index (χ3n) is 4.78. The Balaban J connectivity index is 1.79. The molecule has 0 bridgehead atoms. The fourth-order valence-corrected chi connectivity index (χ4v) is 3.52. The molecule has 136 valence electrons. The first-order valence-corrected chi connectivity index (χ1v) is 9.03. The normalized spacial score (nSPS) is 16.9. The summed E-state index contributed by atoms with van der Waals surface area (Å²) < 4.78 is 0. The van der Waals surface area contributed by atoms with Gasteiger partial charge in [-0.05, 0) is 31.0 Å². The molecule has 2 aromatic rings. The molecule has 6 nitrogen and oxygen atoms in total. The quantitative estimate of drug-likeness (QED) is 0.823. The van der Waals surface area contributed by atoms with E-state index in [0.717, 1.165) is 43.3 Å². The highest BCUT2D eigenvalue weighted by atomic mass is 35.5. The highest BCUT2D eigenvalue weighted by molar-refractivity contribution is 6.31. The Labute approximate surface area is 159 Å². The Bertz CT molecular complexity index is 816. The molecule has 0 saturated carbocycles. The Morgan fingerprint density at radius 3 is 2.65 bits per heavy atom. The van der Waals surface area contributed by atoms with E-state index in [1.54, 1.807) is 12.4 Å². The van der Waals surface area contributed by atoms with E-state index in [4.69, 9.17) is 11.6 Å². The van der Waals surface area contributed by atoms with Crippen LogP contribution < -0.4 is 14.7 Å². The number of rotatable bonds is 4. The Morgan fingerprint density at radius 1 is 1.15 bits per heavy atom. The predicted molar refractivity (Wildman–Crippen MR) is 106 cm³/mol. The van der Waals surface area contributed by atoms with Crippen LogP contribution in [-0.4, -0.2) is 50.2 Å². The first kappa shape index (κ1) is 18.3. The third-order valence-corrected chi connectivity index (χ3v) is 5.00. The van der Waals surface area contributed by atoms with Crippen molar-refractivity contribution >= 4 is 28.9 Å². The molecule has 1 aliphatic heterocycles. The molecule has 1 aromatic carbocycles. The monoisotopic (exact) mass is 370 g/mol. The first-order chi connectivity index (χ1) is 12.5. The van der Waals surface area contributed by atoms with Gasteiger partial charge in [0.2, 0.25) is 0 Å². The van der Waals surface area contributed by atoms with Gasteiger partial charge in [-0.1, -0.05) is 11.6 Å². The molecule has 1 aliphatic rings. The second-order valence-corrected chi connectivity index (χ2v) is 7.23. The molecule has 1 aromatic heterocycles. The summed E-state index contributed by atoms with van der Waals surface area (Å²) in [7, 11) is 6.02. The maximum absolute atomic E-state index is 9.19. The lowest BCUT2D eigenvalue weighted by Gasteiger charge is -2.39. The van der Waals surface area contributed by atoms with Crippen molar-refractivity contribution in [1.29, 1.82) is 5.26 Å². The average Bonchev–Trinajstić information content (AvgIpc) is 2.67. The van der Waals surface area contributed by atoms with Gasteiger partial charge in [0.15, 0.2) is 0 Å². The van der Waals surface area contributed by atoms with E-state index in [1.165, 1.54) is 0 Å². The third kappa shape index (κ3) is 4.00. The lowest BCUT2D eigenvalue weighted by atomic mass is 10.0. The van der Waals surface area contributed by atoms with Gasteiger partial charge in [0.1, 0.15) is 18.0 Å². The number of anilines is 3. The summed E-state index contributed by atoms with van der Waals surface area (Å²) in [6.45, 7) is 1.82.